The van der Waals surface area contributed by atoms with Crippen LogP contribution in [0.2, 0.25) is 5.02 Å². The minimum atomic E-state index is -0.895. The molecule has 0 aliphatic carbocycles. The number of fused-ring (bicyclic) bond motifs is 1. The van der Waals surface area contributed by atoms with E-state index in [0.717, 1.165) is 17.9 Å². The van der Waals surface area contributed by atoms with E-state index in [4.69, 9.17) is 16.3 Å². The normalized spacial score (nSPS) is 13.5. The molecule has 11 heteroatoms. The zero-order valence-corrected chi connectivity index (χ0v) is 21.6. The molecule has 3 amide bonds. The molecule has 2 aromatic heterocycles. The SMILES string of the molecule is CC(C)(C)OC(=O)NN(Cc1ccccn1)C(=O)c1c(C(=O)N2CCCC2)[nH]c2cc(Cl)ccc2c1=O. The Morgan fingerprint density at radius 2 is 1.89 bits per heavy atom. The fraction of sp³-hybridized carbons (Fsp3) is 0.346. The number of rotatable bonds is 4. The van der Waals surface area contributed by atoms with E-state index in [1.807, 2.05) is 0 Å². The quantitative estimate of drug-likeness (QED) is 0.498. The van der Waals surface area contributed by atoms with Gasteiger partial charge in [-0.15, -0.1) is 0 Å². The molecule has 3 aromatic rings. The first-order valence-electron chi connectivity index (χ1n) is 11.9. The number of amides is 3. The van der Waals surface area contributed by atoms with Crippen LogP contribution in [0, 0.1) is 0 Å². The van der Waals surface area contributed by atoms with E-state index in [-0.39, 0.29) is 17.6 Å². The highest BCUT2D eigenvalue weighted by Gasteiger charge is 2.32. The van der Waals surface area contributed by atoms with Gasteiger partial charge in [0.05, 0.1) is 17.8 Å². The van der Waals surface area contributed by atoms with Crippen LogP contribution in [0.25, 0.3) is 10.9 Å². The maximum atomic E-state index is 13.9. The highest BCUT2D eigenvalue weighted by atomic mass is 35.5. The molecule has 0 unspecified atom stereocenters. The molecule has 1 fully saturated rings. The zero-order valence-electron chi connectivity index (χ0n) is 20.8. The number of carbonyl (C=O) groups excluding carboxylic acids is 3. The van der Waals surface area contributed by atoms with Crippen LogP contribution in [0.4, 0.5) is 4.79 Å². The summed E-state index contributed by atoms with van der Waals surface area (Å²) in [5.41, 5.74) is 1.15. The fourth-order valence-corrected chi connectivity index (χ4v) is 4.24. The molecule has 37 heavy (non-hydrogen) atoms. The first-order chi connectivity index (χ1) is 17.5. The van der Waals surface area contributed by atoms with Crippen molar-refractivity contribution >= 4 is 40.4 Å². The molecular formula is C26H28ClN5O5. The number of halogens is 1. The number of carbonyl (C=O) groups is 3. The lowest BCUT2D eigenvalue weighted by molar-refractivity contribution is 0.0278. The molecule has 194 valence electrons. The Morgan fingerprint density at radius 1 is 1.16 bits per heavy atom. The number of pyridine rings is 2. The van der Waals surface area contributed by atoms with Crippen molar-refractivity contribution < 1.29 is 19.1 Å². The van der Waals surface area contributed by atoms with Crippen LogP contribution < -0.4 is 10.9 Å². The summed E-state index contributed by atoms with van der Waals surface area (Å²) in [4.78, 5) is 62.5. The number of nitrogens with one attached hydrogen (secondary N) is 2. The Hall–Kier alpha value is -3.92. The van der Waals surface area contributed by atoms with Crippen LogP contribution in [0.1, 0.15) is 60.2 Å². The number of hydrazine groups is 1. The van der Waals surface area contributed by atoms with E-state index < -0.39 is 34.5 Å². The molecule has 1 aliphatic rings. The molecule has 4 rings (SSSR count). The van der Waals surface area contributed by atoms with Crippen molar-refractivity contribution in [3.05, 3.63) is 74.8 Å². The van der Waals surface area contributed by atoms with E-state index in [1.165, 1.54) is 18.2 Å². The van der Waals surface area contributed by atoms with Gasteiger partial charge in [0.2, 0.25) is 5.43 Å². The van der Waals surface area contributed by atoms with Crippen LogP contribution in [-0.4, -0.2) is 56.5 Å². The smallest absolute Gasteiger partial charge is 0.426 e. The summed E-state index contributed by atoms with van der Waals surface area (Å²) in [6.07, 6.45) is 2.29. The minimum absolute atomic E-state index is 0.163. The van der Waals surface area contributed by atoms with Gasteiger partial charge in [-0.2, -0.15) is 0 Å². The van der Waals surface area contributed by atoms with Gasteiger partial charge in [0.1, 0.15) is 16.9 Å². The number of aromatic nitrogens is 2. The predicted octanol–water partition coefficient (Wildman–Crippen LogP) is 3.89. The molecule has 0 atom stereocenters. The second-order valence-electron chi connectivity index (χ2n) is 9.72. The number of H-pyrrole nitrogens is 1. The fourth-order valence-electron chi connectivity index (χ4n) is 4.07. The van der Waals surface area contributed by atoms with E-state index >= 15 is 0 Å². The predicted molar refractivity (Wildman–Crippen MR) is 138 cm³/mol. The highest BCUT2D eigenvalue weighted by molar-refractivity contribution is 6.31. The Morgan fingerprint density at radius 3 is 2.54 bits per heavy atom. The van der Waals surface area contributed by atoms with Gasteiger partial charge in [-0.25, -0.2) is 15.2 Å². The number of hydrogen-bond acceptors (Lipinski definition) is 6. The number of hydrogen-bond donors (Lipinski definition) is 2. The zero-order chi connectivity index (χ0) is 26.7. The van der Waals surface area contributed by atoms with Crippen molar-refractivity contribution in [2.45, 2.75) is 45.8 Å². The van der Waals surface area contributed by atoms with Crippen molar-refractivity contribution in [3.63, 3.8) is 0 Å². The topological polar surface area (TPSA) is 125 Å². The molecule has 2 N–H and O–H groups in total. The molecule has 3 heterocycles. The third-order valence-electron chi connectivity index (χ3n) is 5.70. The Labute approximate surface area is 218 Å². The number of likely N-dealkylation sites (tertiary alicyclic amines) is 1. The average Bonchev–Trinajstić information content (AvgIpc) is 3.37. The summed E-state index contributed by atoms with van der Waals surface area (Å²) in [5.74, 6) is -1.35. The molecular weight excluding hydrogens is 498 g/mol. The standard InChI is InChI=1S/C26H28ClN5O5/c1-26(2,3)37-25(36)30-32(15-17-8-4-5-11-28-17)23(34)20-21(24(35)31-12-6-7-13-31)29-19-14-16(27)9-10-18(19)22(20)33/h4-5,8-11,14H,6-7,12-13,15H2,1-3H3,(H,29,33)(H,30,36). The van der Waals surface area contributed by atoms with Crippen molar-refractivity contribution in [2.75, 3.05) is 13.1 Å². The lowest BCUT2D eigenvalue weighted by Crippen LogP contribution is -2.49. The van der Waals surface area contributed by atoms with Crippen molar-refractivity contribution in [1.82, 2.24) is 25.3 Å². The van der Waals surface area contributed by atoms with Gasteiger partial charge in [0, 0.05) is 29.7 Å². The van der Waals surface area contributed by atoms with Gasteiger partial charge in [0.25, 0.3) is 11.8 Å². The number of nitrogens with zero attached hydrogens (tertiary/aromatic N) is 3. The highest BCUT2D eigenvalue weighted by Crippen LogP contribution is 2.21. The number of aromatic amines is 1. The minimum Gasteiger partial charge on any atom is -0.443 e. The molecule has 0 spiro atoms. The van der Waals surface area contributed by atoms with Gasteiger partial charge in [-0.3, -0.25) is 19.4 Å². The molecule has 10 nitrogen and oxygen atoms in total. The third-order valence-corrected chi connectivity index (χ3v) is 5.94. The summed E-state index contributed by atoms with van der Waals surface area (Å²) in [6, 6.07) is 9.65. The van der Waals surface area contributed by atoms with E-state index in [2.05, 4.69) is 15.4 Å². The van der Waals surface area contributed by atoms with E-state index in [9.17, 15) is 19.2 Å². The van der Waals surface area contributed by atoms with Crippen LogP contribution in [0.5, 0.6) is 0 Å². The van der Waals surface area contributed by atoms with Crippen LogP contribution >= 0.6 is 11.6 Å². The lowest BCUT2D eigenvalue weighted by Gasteiger charge is -2.27. The van der Waals surface area contributed by atoms with Crippen LogP contribution in [0.15, 0.2) is 47.4 Å². The van der Waals surface area contributed by atoms with Crippen molar-refractivity contribution in [2.24, 2.45) is 0 Å². The second-order valence-corrected chi connectivity index (χ2v) is 10.2. The van der Waals surface area contributed by atoms with Gasteiger partial charge in [-0.1, -0.05) is 17.7 Å². The molecule has 1 aromatic carbocycles. The largest absolute Gasteiger partial charge is 0.443 e. The van der Waals surface area contributed by atoms with Crippen LogP contribution in [-0.2, 0) is 11.3 Å². The molecule has 0 saturated carbocycles. The van der Waals surface area contributed by atoms with Gasteiger partial charge < -0.3 is 14.6 Å². The Kier molecular flexibility index (Phi) is 7.49. The average molecular weight is 526 g/mol. The van der Waals surface area contributed by atoms with Gasteiger partial charge in [-0.05, 0) is 63.9 Å². The summed E-state index contributed by atoms with van der Waals surface area (Å²) >= 11 is 6.12. The van der Waals surface area contributed by atoms with Crippen molar-refractivity contribution in [3.8, 4) is 0 Å². The summed E-state index contributed by atoms with van der Waals surface area (Å²) in [5, 5.41) is 1.48. The first-order valence-corrected chi connectivity index (χ1v) is 12.3. The van der Waals surface area contributed by atoms with Crippen LogP contribution in [0.3, 0.4) is 0 Å². The van der Waals surface area contributed by atoms with Crippen molar-refractivity contribution in [1.29, 1.82) is 0 Å². The van der Waals surface area contributed by atoms with Gasteiger partial charge in [0.15, 0.2) is 0 Å². The lowest BCUT2D eigenvalue weighted by atomic mass is 10.1. The molecule has 1 saturated heterocycles. The second kappa shape index (κ2) is 10.6. The summed E-state index contributed by atoms with van der Waals surface area (Å²) in [6.45, 7) is 5.90. The molecule has 0 radical (unpaired) electrons. The Bertz CT molecular complexity index is 1390. The number of benzene rings is 1. The third kappa shape index (κ3) is 6.08. The number of ether oxygens (including phenoxy) is 1. The summed E-state index contributed by atoms with van der Waals surface area (Å²) in [7, 11) is 0. The Balaban J connectivity index is 1.82. The molecule has 0 bridgehead atoms. The van der Waals surface area contributed by atoms with E-state index in [1.54, 1.807) is 50.1 Å². The maximum absolute atomic E-state index is 13.9. The van der Waals surface area contributed by atoms with Gasteiger partial charge >= 0.3 is 6.09 Å². The maximum Gasteiger partial charge on any atom is 0.426 e. The summed E-state index contributed by atoms with van der Waals surface area (Å²) < 4.78 is 5.32. The van der Waals surface area contributed by atoms with E-state index in [0.29, 0.717) is 29.3 Å². The monoisotopic (exact) mass is 525 g/mol. The molecule has 1 aliphatic heterocycles. The first kappa shape index (κ1) is 26.2.